The van der Waals surface area contributed by atoms with Crippen molar-refractivity contribution in [2.45, 2.75) is 37.6 Å². The molecule has 1 amide bonds. The second-order valence-electron chi connectivity index (χ2n) is 7.72. The van der Waals surface area contributed by atoms with Crippen molar-refractivity contribution in [3.05, 3.63) is 65.2 Å². The number of hydrogen-bond donors (Lipinski definition) is 2. The van der Waals surface area contributed by atoms with Gasteiger partial charge in [0.2, 0.25) is 9.47 Å². The summed E-state index contributed by atoms with van der Waals surface area (Å²) in [5.41, 5.74) is 2.11. The molecule has 0 aliphatic carbocycles. The molecule has 170 valence electrons. The molecule has 2 N–H and O–H groups in total. The van der Waals surface area contributed by atoms with Gasteiger partial charge in [-0.05, 0) is 48.6 Å². The number of aryl methyl sites for hydroxylation is 1. The number of anilines is 1. The van der Waals surface area contributed by atoms with E-state index in [0.29, 0.717) is 17.7 Å². The Labute approximate surface area is 192 Å². The Kier molecular flexibility index (Phi) is 7.60. The van der Waals surface area contributed by atoms with Crippen LogP contribution >= 0.6 is 11.3 Å². The summed E-state index contributed by atoms with van der Waals surface area (Å²) in [5.74, 6) is 0.577. The quantitative estimate of drug-likeness (QED) is 0.450. The zero-order valence-corrected chi connectivity index (χ0v) is 20.0. The molecule has 0 saturated heterocycles. The zero-order chi connectivity index (χ0) is 23.3. The lowest BCUT2D eigenvalue weighted by molar-refractivity contribution is 0.102. The van der Waals surface area contributed by atoms with E-state index < -0.39 is 16.1 Å². The molecule has 0 aliphatic rings. The van der Waals surface area contributed by atoms with Crippen molar-refractivity contribution in [3.8, 4) is 5.75 Å². The van der Waals surface area contributed by atoms with Crippen molar-refractivity contribution in [2.24, 2.45) is 5.92 Å². The van der Waals surface area contributed by atoms with Crippen molar-refractivity contribution in [3.63, 3.8) is 0 Å². The first-order valence-electron chi connectivity index (χ1n) is 10.1. The topological polar surface area (TPSA) is 110 Å². The smallest absolute Gasteiger partial charge is 0.270 e. The summed E-state index contributed by atoms with van der Waals surface area (Å²) in [6.45, 7) is 5.87. The summed E-state index contributed by atoms with van der Waals surface area (Å²) in [5, 5.41) is 10.4. The Hall–Kier alpha value is -2.82. The van der Waals surface area contributed by atoms with Crippen LogP contribution in [-0.2, 0) is 10.0 Å². The Morgan fingerprint density at radius 2 is 1.78 bits per heavy atom. The molecule has 10 heteroatoms. The van der Waals surface area contributed by atoms with Crippen LogP contribution in [0.2, 0.25) is 0 Å². The molecule has 0 unspecified atom stereocenters. The predicted octanol–water partition coefficient (Wildman–Crippen LogP) is 4.17. The summed E-state index contributed by atoms with van der Waals surface area (Å²) in [6, 6.07) is 13.9. The molecule has 2 aromatic carbocycles. The molecule has 8 nitrogen and oxygen atoms in total. The molecule has 0 fully saturated rings. The highest BCUT2D eigenvalue weighted by atomic mass is 32.2. The Morgan fingerprint density at radius 3 is 2.41 bits per heavy atom. The van der Waals surface area contributed by atoms with Gasteiger partial charge in [-0.3, -0.25) is 10.1 Å². The van der Waals surface area contributed by atoms with Gasteiger partial charge < -0.3 is 4.74 Å². The van der Waals surface area contributed by atoms with Gasteiger partial charge in [0.05, 0.1) is 7.11 Å². The predicted molar refractivity (Wildman–Crippen MR) is 125 cm³/mol. The molecule has 3 aromatic rings. The third-order valence-electron chi connectivity index (χ3n) is 4.77. The van der Waals surface area contributed by atoms with Gasteiger partial charge in [0.15, 0.2) is 0 Å². The van der Waals surface area contributed by atoms with Crippen molar-refractivity contribution in [2.75, 3.05) is 12.4 Å². The van der Waals surface area contributed by atoms with Crippen LogP contribution in [0, 0.1) is 12.8 Å². The number of amides is 1. The minimum absolute atomic E-state index is 0.114. The molecule has 0 bridgehead atoms. The number of hydrogen-bond acceptors (Lipinski definition) is 7. The van der Waals surface area contributed by atoms with E-state index >= 15 is 0 Å². The maximum atomic E-state index is 13.0. The molecule has 0 radical (unpaired) electrons. The van der Waals surface area contributed by atoms with Crippen molar-refractivity contribution in [1.82, 2.24) is 14.9 Å². The van der Waals surface area contributed by atoms with Crippen LogP contribution in [0.5, 0.6) is 5.75 Å². The van der Waals surface area contributed by atoms with Gasteiger partial charge in [0.1, 0.15) is 5.75 Å². The zero-order valence-electron chi connectivity index (χ0n) is 18.3. The highest BCUT2D eigenvalue weighted by molar-refractivity contribution is 7.91. The van der Waals surface area contributed by atoms with Gasteiger partial charge >= 0.3 is 0 Å². The highest BCUT2D eigenvalue weighted by Gasteiger charge is 2.26. The average Bonchev–Trinajstić information content (AvgIpc) is 3.22. The number of methoxy groups -OCH3 is 1. The molecule has 1 heterocycles. The minimum Gasteiger partial charge on any atom is -0.497 e. The number of nitrogens with one attached hydrogen (secondary N) is 2. The van der Waals surface area contributed by atoms with E-state index in [1.54, 1.807) is 31.4 Å². The molecule has 0 saturated carbocycles. The molecule has 1 aromatic heterocycles. The normalized spacial score (nSPS) is 12.5. The number of aromatic nitrogens is 2. The van der Waals surface area contributed by atoms with Crippen LogP contribution in [0.4, 0.5) is 5.13 Å². The average molecular weight is 475 g/mol. The second-order valence-corrected chi connectivity index (χ2v) is 10.6. The van der Waals surface area contributed by atoms with Gasteiger partial charge in [-0.15, -0.1) is 10.2 Å². The number of benzene rings is 2. The Balaban J connectivity index is 1.78. The first-order valence-corrected chi connectivity index (χ1v) is 12.4. The molecule has 0 spiro atoms. The number of sulfonamides is 1. The number of ether oxygens (including phenoxy) is 1. The summed E-state index contributed by atoms with van der Waals surface area (Å²) in [6.07, 6.45) is 0.598. The van der Waals surface area contributed by atoms with Crippen molar-refractivity contribution >= 4 is 32.4 Å². The second kappa shape index (κ2) is 10.2. The summed E-state index contributed by atoms with van der Waals surface area (Å²) >= 11 is 0.806. The SMILES string of the molecule is COc1ccc([C@H](CC(C)C)NS(=O)(=O)c2nnc(NC(=O)c3ccccc3C)s2)cc1. The fraction of sp³-hybridized carbons (Fsp3) is 0.318. The van der Waals surface area contributed by atoms with E-state index in [1.807, 2.05) is 45.0 Å². The Bertz CT molecular complexity index is 1170. The number of carbonyl (C=O) groups is 1. The van der Waals surface area contributed by atoms with E-state index in [9.17, 15) is 13.2 Å². The molecule has 0 aliphatic heterocycles. The van der Waals surface area contributed by atoms with Gasteiger partial charge in [-0.1, -0.05) is 55.5 Å². The summed E-state index contributed by atoms with van der Waals surface area (Å²) in [4.78, 5) is 12.5. The Morgan fingerprint density at radius 1 is 1.09 bits per heavy atom. The van der Waals surface area contributed by atoms with Gasteiger partial charge in [-0.2, -0.15) is 0 Å². The van der Waals surface area contributed by atoms with Crippen molar-refractivity contribution < 1.29 is 17.9 Å². The highest BCUT2D eigenvalue weighted by Crippen LogP contribution is 2.27. The fourth-order valence-electron chi connectivity index (χ4n) is 3.16. The number of carbonyl (C=O) groups excluding carboxylic acids is 1. The maximum Gasteiger partial charge on any atom is 0.270 e. The first kappa shape index (κ1) is 23.8. The summed E-state index contributed by atoms with van der Waals surface area (Å²) < 4.78 is 33.7. The van der Waals surface area contributed by atoms with Gasteiger partial charge in [-0.25, -0.2) is 13.1 Å². The van der Waals surface area contributed by atoms with E-state index in [2.05, 4.69) is 20.2 Å². The van der Waals surface area contributed by atoms with Crippen LogP contribution in [0.1, 0.15) is 47.8 Å². The van der Waals surface area contributed by atoms with Crippen LogP contribution in [-0.4, -0.2) is 31.6 Å². The molecule has 32 heavy (non-hydrogen) atoms. The monoisotopic (exact) mass is 474 g/mol. The number of rotatable bonds is 9. The van der Waals surface area contributed by atoms with Gasteiger partial charge in [0.25, 0.3) is 15.9 Å². The summed E-state index contributed by atoms with van der Waals surface area (Å²) in [7, 11) is -2.37. The molecule has 1 atom stereocenters. The van der Waals surface area contributed by atoms with E-state index in [4.69, 9.17) is 4.74 Å². The lowest BCUT2D eigenvalue weighted by Gasteiger charge is -2.20. The van der Waals surface area contributed by atoms with Gasteiger partial charge in [0, 0.05) is 11.6 Å². The van der Waals surface area contributed by atoms with E-state index in [0.717, 1.165) is 22.5 Å². The van der Waals surface area contributed by atoms with Crippen LogP contribution in [0.15, 0.2) is 52.9 Å². The van der Waals surface area contributed by atoms with E-state index in [-0.39, 0.29) is 21.3 Å². The number of nitrogens with zero attached hydrogens (tertiary/aromatic N) is 2. The first-order chi connectivity index (χ1) is 15.2. The van der Waals surface area contributed by atoms with Crippen LogP contribution in [0.25, 0.3) is 0 Å². The minimum atomic E-state index is -3.94. The third-order valence-corrected chi connectivity index (χ3v) is 7.45. The molecular formula is C22H26N4O4S2. The van der Waals surface area contributed by atoms with Crippen LogP contribution in [0.3, 0.4) is 0 Å². The molecule has 3 rings (SSSR count). The van der Waals surface area contributed by atoms with Crippen molar-refractivity contribution in [1.29, 1.82) is 0 Å². The largest absolute Gasteiger partial charge is 0.497 e. The fourth-order valence-corrected chi connectivity index (χ4v) is 5.31. The maximum absolute atomic E-state index is 13.0. The van der Waals surface area contributed by atoms with Crippen LogP contribution < -0.4 is 14.8 Å². The molecular weight excluding hydrogens is 448 g/mol. The lowest BCUT2D eigenvalue weighted by Crippen LogP contribution is -2.29. The lowest BCUT2D eigenvalue weighted by atomic mass is 9.98. The van der Waals surface area contributed by atoms with E-state index in [1.165, 1.54) is 0 Å². The third kappa shape index (κ3) is 5.90. The standard InChI is InChI=1S/C22H26N4O4S2/c1-14(2)13-19(16-9-11-17(30-4)12-10-16)26-32(28,29)22-25-24-21(31-22)23-20(27)18-8-6-5-7-15(18)3/h5-12,14,19,26H,13H2,1-4H3,(H,23,24,27)/t19-/m0/s1.